The Kier molecular flexibility index (Phi) is 8.92. The van der Waals surface area contributed by atoms with Crippen molar-refractivity contribution < 1.29 is 33.3 Å². The van der Waals surface area contributed by atoms with Gasteiger partial charge >= 0.3 is 18.0 Å². The van der Waals surface area contributed by atoms with Crippen molar-refractivity contribution in [2.45, 2.75) is 58.7 Å². The van der Waals surface area contributed by atoms with E-state index in [0.29, 0.717) is 47.8 Å². The molecule has 0 aromatic carbocycles. The molecule has 3 aromatic heterocycles. The molecule has 0 amide bonds. The number of nitrogens with zero attached hydrogens (tertiary/aromatic N) is 6. The summed E-state index contributed by atoms with van der Waals surface area (Å²) < 4.78 is 24.3. The minimum absolute atomic E-state index is 0.315. The summed E-state index contributed by atoms with van der Waals surface area (Å²) >= 11 is 0. The van der Waals surface area contributed by atoms with Gasteiger partial charge in [0.2, 0.25) is 0 Å². The number of carbonyl (C=O) groups excluding carboxylic acids is 3. The Labute approximate surface area is 237 Å². The third-order valence-corrected chi connectivity index (χ3v) is 6.61. The number of ether oxygens (including phenoxy) is 4. The van der Waals surface area contributed by atoms with Crippen LogP contribution in [-0.2, 0) is 28.5 Å². The number of hydrogen-bond donors (Lipinski definition) is 0. The Balaban J connectivity index is 1.67. The van der Waals surface area contributed by atoms with Crippen molar-refractivity contribution >= 4 is 40.1 Å². The van der Waals surface area contributed by atoms with Gasteiger partial charge in [-0.25, -0.2) is 33.6 Å². The maximum Gasteiger partial charge on any atom is 0.420 e. The molecule has 0 spiro atoms. The minimum atomic E-state index is -0.759. The van der Waals surface area contributed by atoms with Crippen LogP contribution in [0.25, 0.3) is 22.1 Å². The SMILES string of the molecule is COC(=O)/C=C/C(=O)OCO[C@H](C)c1nc2cnc3c(ccn3C(=O)OC(C)(C)C)c2n1N1CCC(CC#N)CC1. The Hall–Kier alpha value is -4.44. The number of fused-ring (bicyclic) bond motifs is 3. The Morgan fingerprint density at radius 1 is 1.20 bits per heavy atom. The zero-order valence-electron chi connectivity index (χ0n) is 23.8. The number of carbonyl (C=O) groups is 3. The lowest BCUT2D eigenvalue weighted by Gasteiger charge is -2.35. The minimum Gasteiger partial charge on any atom is -0.466 e. The molecule has 1 fully saturated rings. The number of methoxy groups -OCH3 is 1. The van der Waals surface area contributed by atoms with Gasteiger partial charge in [-0.2, -0.15) is 5.26 Å². The number of imidazole rings is 1. The molecule has 13 heteroatoms. The van der Waals surface area contributed by atoms with Crippen LogP contribution in [0.2, 0.25) is 0 Å². The molecule has 0 N–H and O–H groups in total. The summed E-state index contributed by atoms with van der Waals surface area (Å²) in [7, 11) is 1.21. The van der Waals surface area contributed by atoms with Gasteiger partial charge in [0, 0.05) is 43.2 Å². The van der Waals surface area contributed by atoms with Crippen molar-refractivity contribution in [3.8, 4) is 6.07 Å². The van der Waals surface area contributed by atoms with Gasteiger partial charge in [0.05, 0.1) is 19.4 Å². The van der Waals surface area contributed by atoms with E-state index in [-0.39, 0.29) is 6.79 Å². The van der Waals surface area contributed by atoms with Crippen molar-refractivity contribution in [2.24, 2.45) is 5.92 Å². The number of aromatic nitrogens is 4. The van der Waals surface area contributed by atoms with Gasteiger partial charge < -0.3 is 24.0 Å². The van der Waals surface area contributed by atoms with Gasteiger partial charge in [-0.15, -0.1) is 0 Å². The highest BCUT2D eigenvalue weighted by atomic mass is 16.7. The second-order valence-electron chi connectivity index (χ2n) is 10.7. The summed E-state index contributed by atoms with van der Waals surface area (Å²) in [5.74, 6) is -0.566. The molecule has 1 aliphatic heterocycles. The first-order valence-electron chi connectivity index (χ1n) is 13.3. The number of nitriles is 1. The Morgan fingerprint density at radius 2 is 1.90 bits per heavy atom. The molecule has 0 saturated carbocycles. The number of piperidine rings is 1. The summed E-state index contributed by atoms with van der Waals surface area (Å²) in [6, 6.07) is 4.07. The van der Waals surface area contributed by atoms with Gasteiger partial charge in [0.1, 0.15) is 22.7 Å². The predicted molar refractivity (Wildman–Crippen MR) is 147 cm³/mol. The second kappa shape index (κ2) is 12.4. The molecule has 0 bridgehead atoms. The molecule has 218 valence electrons. The van der Waals surface area contributed by atoms with Gasteiger partial charge in [0.15, 0.2) is 18.3 Å². The normalized spacial score (nSPS) is 15.3. The maximum absolute atomic E-state index is 12.9. The van der Waals surface area contributed by atoms with E-state index >= 15 is 0 Å². The number of rotatable bonds is 8. The van der Waals surface area contributed by atoms with Crippen molar-refractivity contribution in [3.05, 3.63) is 36.4 Å². The van der Waals surface area contributed by atoms with E-state index < -0.39 is 29.7 Å². The van der Waals surface area contributed by atoms with Crippen LogP contribution in [0.5, 0.6) is 0 Å². The summed E-state index contributed by atoms with van der Waals surface area (Å²) in [5, 5.41) is 12.0. The molecule has 3 aromatic rings. The first-order chi connectivity index (χ1) is 19.5. The predicted octanol–water partition coefficient (Wildman–Crippen LogP) is 3.74. The van der Waals surface area contributed by atoms with E-state index in [4.69, 9.17) is 24.5 Å². The first kappa shape index (κ1) is 29.5. The van der Waals surface area contributed by atoms with Gasteiger partial charge in [-0.05, 0) is 52.5 Å². The maximum atomic E-state index is 12.9. The molecule has 1 aliphatic rings. The fourth-order valence-corrected chi connectivity index (χ4v) is 4.63. The average Bonchev–Trinajstić information content (AvgIpc) is 3.53. The van der Waals surface area contributed by atoms with Gasteiger partial charge in [-0.3, -0.25) is 0 Å². The van der Waals surface area contributed by atoms with E-state index in [9.17, 15) is 14.4 Å². The third-order valence-electron chi connectivity index (χ3n) is 6.61. The van der Waals surface area contributed by atoms with Crippen LogP contribution in [0.4, 0.5) is 4.79 Å². The van der Waals surface area contributed by atoms with Crippen molar-refractivity contribution in [2.75, 3.05) is 32.0 Å². The van der Waals surface area contributed by atoms with Crippen LogP contribution >= 0.6 is 0 Å². The molecular formula is C28H34N6O7. The zero-order chi connectivity index (χ0) is 29.7. The lowest BCUT2D eigenvalue weighted by molar-refractivity contribution is -0.155. The fourth-order valence-electron chi connectivity index (χ4n) is 4.63. The third kappa shape index (κ3) is 6.83. The summed E-state index contributed by atoms with van der Waals surface area (Å²) in [6.07, 6.45) is 6.17. The van der Waals surface area contributed by atoms with Crippen molar-refractivity contribution in [1.29, 1.82) is 5.26 Å². The van der Waals surface area contributed by atoms with E-state index in [0.717, 1.165) is 30.5 Å². The largest absolute Gasteiger partial charge is 0.466 e. The second-order valence-corrected chi connectivity index (χ2v) is 10.7. The van der Waals surface area contributed by atoms with E-state index in [1.165, 1.54) is 11.7 Å². The lowest BCUT2D eigenvalue weighted by atomic mass is 9.95. The molecule has 0 aliphatic carbocycles. The fraction of sp³-hybridized carbons (Fsp3) is 0.500. The molecule has 4 rings (SSSR count). The summed E-state index contributed by atoms with van der Waals surface area (Å²) in [5.41, 5.74) is 1.10. The number of esters is 2. The van der Waals surface area contributed by atoms with Crippen LogP contribution in [0.3, 0.4) is 0 Å². The van der Waals surface area contributed by atoms with Crippen LogP contribution in [-0.4, -0.2) is 69.8 Å². The highest BCUT2D eigenvalue weighted by Gasteiger charge is 2.28. The van der Waals surface area contributed by atoms with E-state index in [1.54, 1.807) is 46.2 Å². The summed E-state index contributed by atoms with van der Waals surface area (Å²) in [4.78, 5) is 45.3. The van der Waals surface area contributed by atoms with Crippen LogP contribution in [0.1, 0.15) is 58.9 Å². The molecule has 4 heterocycles. The summed E-state index contributed by atoms with van der Waals surface area (Å²) in [6.45, 7) is 8.17. The monoisotopic (exact) mass is 566 g/mol. The van der Waals surface area contributed by atoms with E-state index in [2.05, 4.69) is 20.8 Å². The molecule has 0 unspecified atom stereocenters. The molecule has 1 atom stereocenters. The molecule has 1 saturated heterocycles. The van der Waals surface area contributed by atoms with Gasteiger partial charge in [-0.1, -0.05) is 0 Å². The zero-order valence-corrected chi connectivity index (χ0v) is 23.8. The standard InChI is InChI=1S/C28H34N6O7/c1-18(39-17-40-23(36)7-6-22(35)38-5)25-31-21-16-30-26-20(11-15-33(26)27(37)41-28(2,3)4)24(21)34(25)32-13-9-19(8-12-29)10-14-32/h6-7,11,15-16,18-19H,8-10,13-14,17H2,1-5H3/b7-6+/t18-/m1/s1. The first-order valence-corrected chi connectivity index (χ1v) is 13.3. The Bertz CT molecular complexity index is 1500. The number of hydrogen-bond acceptors (Lipinski definition) is 11. The van der Waals surface area contributed by atoms with E-state index in [1.807, 2.05) is 4.68 Å². The van der Waals surface area contributed by atoms with Crippen molar-refractivity contribution in [1.82, 2.24) is 19.2 Å². The quantitative estimate of drug-likeness (QED) is 0.170. The molecule has 41 heavy (non-hydrogen) atoms. The number of pyridine rings is 1. The van der Waals surface area contributed by atoms with Gasteiger partial charge in [0.25, 0.3) is 0 Å². The molecular weight excluding hydrogens is 532 g/mol. The lowest BCUT2D eigenvalue weighted by Crippen LogP contribution is -2.43. The highest BCUT2D eigenvalue weighted by molar-refractivity contribution is 6.04. The smallest absolute Gasteiger partial charge is 0.420 e. The highest BCUT2D eigenvalue weighted by Crippen LogP contribution is 2.31. The van der Waals surface area contributed by atoms with Crippen LogP contribution in [0, 0.1) is 17.2 Å². The molecule has 0 radical (unpaired) electrons. The Morgan fingerprint density at radius 3 is 2.56 bits per heavy atom. The van der Waals surface area contributed by atoms with Crippen molar-refractivity contribution in [3.63, 3.8) is 0 Å². The topological polar surface area (TPSA) is 151 Å². The average molecular weight is 567 g/mol. The molecule has 13 nitrogen and oxygen atoms in total. The van der Waals surface area contributed by atoms with Crippen LogP contribution in [0.15, 0.2) is 30.6 Å². The van der Waals surface area contributed by atoms with Crippen LogP contribution < -0.4 is 5.01 Å².